The van der Waals surface area contributed by atoms with E-state index in [1.54, 1.807) is 0 Å². The Labute approximate surface area is 205 Å². The summed E-state index contributed by atoms with van der Waals surface area (Å²) in [5, 5.41) is 9.38. The Morgan fingerprint density at radius 2 is 2.00 bits per heavy atom. The number of nitrogens with zero attached hydrogens (tertiary/aromatic N) is 1. The summed E-state index contributed by atoms with van der Waals surface area (Å²) in [4.78, 5) is 30.6. The van der Waals surface area contributed by atoms with Crippen LogP contribution in [0.4, 0.5) is 0 Å². The Bertz CT molecular complexity index is 679. The van der Waals surface area contributed by atoms with Crippen molar-refractivity contribution in [1.82, 2.24) is 9.97 Å². The second kappa shape index (κ2) is 9.02. The van der Waals surface area contributed by atoms with Gasteiger partial charge in [0.2, 0.25) is 5.82 Å². The van der Waals surface area contributed by atoms with Gasteiger partial charge < -0.3 is 10.1 Å². The van der Waals surface area contributed by atoms with Gasteiger partial charge in [0, 0.05) is 4.88 Å². The molecule has 0 saturated heterocycles. The number of fused-ring (bicyclic) bond motifs is 1. The van der Waals surface area contributed by atoms with Crippen LogP contribution in [0.15, 0.2) is 4.79 Å². The zero-order valence-corrected chi connectivity index (χ0v) is 11.2. The molecule has 0 amide bonds. The second-order valence-corrected chi connectivity index (χ2v) is 5.73. The van der Waals surface area contributed by atoms with E-state index in [4.69, 9.17) is 5.11 Å². The van der Waals surface area contributed by atoms with E-state index in [2.05, 4.69) is 23.8 Å². The quantitative estimate of drug-likeness (QED) is 0.809. The number of nitrogens with one attached hydrogen (secondary N) is 1. The molecule has 2 aromatic heterocycles. The molecule has 5 nitrogen and oxygen atoms in total. The molecule has 0 atom stereocenters. The molecule has 0 saturated carbocycles. The minimum absolute atomic E-state index is 0. The van der Waals surface area contributed by atoms with Crippen molar-refractivity contribution in [3.8, 4) is 0 Å². The van der Waals surface area contributed by atoms with Crippen LogP contribution in [0, 0.1) is 12.8 Å². The van der Waals surface area contributed by atoms with Crippen molar-refractivity contribution in [3.05, 3.63) is 26.6 Å². The van der Waals surface area contributed by atoms with Crippen molar-refractivity contribution in [3.63, 3.8) is 0 Å². The number of carbonyl (C=O) groups is 1. The molecule has 2 rings (SSSR count). The topological polar surface area (TPSA) is 83.0 Å². The molecule has 0 bridgehead atoms. The molecular weight excluding hydrogens is 330 g/mol. The molecule has 2 heterocycles. The third-order valence-electron chi connectivity index (χ3n) is 2.70. The van der Waals surface area contributed by atoms with Gasteiger partial charge in [0.1, 0.15) is 4.83 Å². The number of aromatic amines is 1. The van der Waals surface area contributed by atoms with Crippen LogP contribution in [0.25, 0.3) is 10.2 Å². The Morgan fingerprint density at radius 1 is 1.40 bits per heavy atom. The van der Waals surface area contributed by atoms with Gasteiger partial charge >= 0.3 is 109 Å². The number of aromatic nitrogens is 2. The summed E-state index contributed by atoms with van der Waals surface area (Å²) >= 11 is 1.40. The third-order valence-corrected chi connectivity index (χ3v) is 3.90. The van der Waals surface area contributed by atoms with E-state index in [0.717, 1.165) is 16.9 Å². The van der Waals surface area contributed by atoms with Crippen molar-refractivity contribution < 1.29 is 9.90 Å². The molecular formula is C12H16K2N2O3S. The molecule has 20 heavy (non-hydrogen) atoms. The van der Waals surface area contributed by atoms with Crippen LogP contribution in [-0.4, -0.2) is 124 Å². The number of hydrogen-bond donors (Lipinski definition) is 2. The Morgan fingerprint density at radius 3 is 2.50 bits per heavy atom. The van der Waals surface area contributed by atoms with Gasteiger partial charge in [-0.3, -0.25) is 4.79 Å². The van der Waals surface area contributed by atoms with E-state index in [-0.39, 0.29) is 114 Å². The van der Waals surface area contributed by atoms with E-state index in [9.17, 15) is 9.59 Å². The average molecular weight is 347 g/mol. The van der Waals surface area contributed by atoms with Crippen molar-refractivity contribution >= 4 is 130 Å². The second-order valence-electron chi connectivity index (χ2n) is 4.65. The first-order valence-electron chi connectivity index (χ1n) is 5.65. The van der Waals surface area contributed by atoms with Gasteiger partial charge in [-0.2, -0.15) is 0 Å². The summed E-state index contributed by atoms with van der Waals surface area (Å²) < 4.78 is 0. The van der Waals surface area contributed by atoms with Crippen molar-refractivity contribution in [2.24, 2.45) is 5.92 Å². The Balaban J connectivity index is 0.00000180. The molecule has 2 aromatic rings. The molecule has 0 aromatic carbocycles. The molecule has 0 fully saturated rings. The van der Waals surface area contributed by atoms with Gasteiger partial charge in [0.05, 0.1) is 5.39 Å². The van der Waals surface area contributed by atoms with Crippen molar-refractivity contribution in [1.29, 1.82) is 0 Å². The van der Waals surface area contributed by atoms with Crippen molar-refractivity contribution in [2.75, 3.05) is 0 Å². The molecule has 0 aliphatic heterocycles. The van der Waals surface area contributed by atoms with Crippen LogP contribution in [0.1, 0.15) is 34.9 Å². The number of aryl methyl sites for hydroxylation is 1. The zero-order chi connectivity index (χ0) is 13.4. The minimum atomic E-state index is -1.22. The SMILES string of the molecule is Cc1c(CC(C)C)sc2nc(C(=O)O)[nH]c(=O)c12.[KH].[KH]. The van der Waals surface area contributed by atoms with E-state index in [1.165, 1.54) is 11.3 Å². The van der Waals surface area contributed by atoms with Gasteiger partial charge in [-0.05, 0) is 24.8 Å². The molecule has 2 N–H and O–H groups in total. The van der Waals surface area contributed by atoms with E-state index in [1.807, 2.05) is 6.92 Å². The normalized spacial score (nSPS) is 10.2. The molecule has 0 spiro atoms. The van der Waals surface area contributed by atoms with E-state index >= 15 is 0 Å². The first-order chi connectivity index (χ1) is 8.40. The third kappa shape index (κ3) is 4.79. The predicted octanol–water partition coefficient (Wildman–Crippen LogP) is 0.893. The molecule has 0 aliphatic rings. The summed E-state index contributed by atoms with van der Waals surface area (Å²) in [6, 6.07) is 0. The van der Waals surface area contributed by atoms with Gasteiger partial charge in [-0.15, -0.1) is 11.3 Å². The average Bonchev–Trinajstić information content (AvgIpc) is 2.55. The monoisotopic (exact) mass is 346 g/mol. The van der Waals surface area contributed by atoms with Gasteiger partial charge in [0.25, 0.3) is 5.56 Å². The summed E-state index contributed by atoms with van der Waals surface area (Å²) in [5.41, 5.74) is 0.538. The summed E-state index contributed by atoms with van der Waals surface area (Å²) in [7, 11) is 0. The maximum atomic E-state index is 11.9. The Hall–Kier alpha value is 1.58. The Kier molecular flexibility index (Phi) is 9.73. The maximum absolute atomic E-state index is 11.9. The fraction of sp³-hybridized carbons (Fsp3) is 0.417. The summed E-state index contributed by atoms with van der Waals surface area (Å²) in [6.07, 6.45) is 0.870. The van der Waals surface area contributed by atoms with Crippen LogP contribution in [0.5, 0.6) is 0 Å². The standard InChI is InChI=1S/C12H14N2O3S.2K.2H/c1-5(2)4-7-6(3)8-10(15)13-9(12(16)17)14-11(8)18-7;;;;/h5H,4H2,1-3H3,(H,16,17)(H,13,14,15);;;;. The number of carboxylic acid groups (broad SMARTS) is 1. The number of H-pyrrole nitrogens is 1. The molecule has 0 aliphatic carbocycles. The molecule has 8 heteroatoms. The van der Waals surface area contributed by atoms with E-state index in [0.29, 0.717) is 16.1 Å². The molecule has 100 valence electrons. The van der Waals surface area contributed by atoms with Crippen LogP contribution >= 0.6 is 11.3 Å². The van der Waals surface area contributed by atoms with Gasteiger partial charge in [0.15, 0.2) is 0 Å². The van der Waals surface area contributed by atoms with Gasteiger partial charge in [-0.25, -0.2) is 9.78 Å². The number of rotatable bonds is 3. The van der Waals surface area contributed by atoms with Crippen LogP contribution in [0.3, 0.4) is 0 Å². The molecule has 0 unspecified atom stereocenters. The van der Waals surface area contributed by atoms with Crippen LogP contribution in [-0.2, 0) is 6.42 Å². The number of thiophene rings is 1. The zero-order valence-electron chi connectivity index (χ0n) is 10.4. The first-order valence-corrected chi connectivity index (χ1v) is 6.47. The van der Waals surface area contributed by atoms with Gasteiger partial charge in [-0.1, -0.05) is 13.8 Å². The number of aromatic carboxylic acids is 1. The molecule has 0 radical (unpaired) electrons. The number of hydrogen-bond acceptors (Lipinski definition) is 4. The van der Waals surface area contributed by atoms with E-state index < -0.39 is 5.97 Å². The van der Waals surface area contributed by atoms with Crippen molar-refractivity contribution in [2.45, 2.75) is 27.2 Å². The van der Waals surface area contributed by atoms with Crippen LogP contribution in [0.2, 0.25) is 0 Å². The first kappa shape index (κ1) is 21.6. The fourth-order valence-corrected chi connectivity index (χ4v) is 3.25. The summed E-state index contributed by atoms with van der Waals surface area (Å²) in [6.45, 7) is 6.09. The number of carboxylic acids is 1. The summed E-state index contributed by atoms with van der Waals surface area (Å²) in [5.74, 6) is -1.04. The fourth-order valence-electron chi connectivity index (χ4n) is 1.86. The predicted molar refractivity (Wildman–Crippen MR) is 84.8 cm³/mol. The van der Waals surface area contributed by atoms with Crippen LogP contribution < -0.4 is 5.56 Å².